The van der Waals surface area contributed by atoms with Crippen LogP contribution in [0.15, 0.2) is 34.5 Å². The molecule has 1 aliphatic heterocycles. The fourth-order valence-electron chi connectivity index (χ4n) is 3.35. The predicted molar refractivity (Wildman–Crippen MR) is 123 cm³/mol. The van der Waals surface area contributed by atoms with Crippen molar-refractivity contribution in [2.24, 2.45) is 0 Å². The van der Waals surface area contributed by atoms with E-state index in [2.05, 4.69) is 14.4 Å². The first kappa shape index (κ1) is 25.2. The minimum atomic E-state index is -3.95. The summed E-state index contributed by atoms with van der Waals surface area (Å²) in [5, 5.41) is 12.7. The van der Waals surface area contributed by atoms with Crippen molar-refractivity contribution in [3.05, 3.63) is 44.6 Å². The molecule has 1 aromatic carbocycles. The van der Waals surface area contributed by atoms with Gasteiger partial charge in [0.25, 0.3) is 0 Å². The summed E-state index contributed by atoms with van der Waals surface area (Å²) in [6, 6.07) is 6.49. The third kappa shape index (κ3) is 6.57. The zero-order valence-corrected chi connectivity index (χ0v) is 20.4. The van der Waals surface area contributed by atoms with Gasteiger partial charge < -0.3 is 19.5 Å². The van der Waals surface area contributed by atoms with Crippen molar-refractivity contribution < 1.29 is 27.8 Å². The van der Waals surface area contributed by atoms with Crippen LogP contribution in [0.3, 0.4) is 0 Å². The second-order valence-electron chi connectivity index (χ2n) is 7.31. The van der Waals surface area contributed by atoms with Crippen LogP contribution in [0.4, 0.5) is 0 Å². The van der Waals surface area contributed by atoms with E-state index in [1.807, 2.05) is 0 Å². The molecule has 8 nitrogen and oxygen atoms in total. The molecule has 1 atom stereocenters. The molecule has 2 heterocycles. The molecule has 32 heavy (non-hydrogen) atoms. The zero-order chi connectivity index (χ0) is 23.3. The predicted octanol–water partition coefficient (Wildman–Crippen LogP) is 3.02. The number of β-amino-alcohol motifs (C(OH)–C–C–N with tert-alkyl or cyclic N) is 1. The molecule has 0 unspecified atom stereocenters. The molecule has 1 saturated heterocycles. The van der Waals surface area contributed by atoms with Crippen molar-refractivity contribution >= 4 is 50.5 Å². The molecule has 0 amide bonds. The lowest BCUT2D eigenvalue weighted by atomic mass is 10.1. The number of aliphatic hydroxyl groups is 1. The molecule has 0 aliphatic carbocycles. The van der Waals surface area contributed by atoms with Gasteiger partial charge in [-0.05, 0) is 36.4 Å². The summed E-state index contributed by atoms with van der Waals surface area (Å²) in [5.41, 5.74) is 0. The Labute approximate surface area is 201 Å². The fraction of sp³-hybridized carbons (Fsp3) is 0.450. The Balaban J connectivity index is 1.45. The molecule has 1 aromatic heterocycles. The summed E-state index contributed by atoms with van der Waals surface area (Å²) in [4.78, 5) is 13.6. The molecule has 0 radical (unpaired) electrons. The van der Waals surface area contributed by atoms with E-state index >= 15 is 0 Å². The number of hydrogen-bond donors (Lipinski definition) is 2. The number of nitrogens with one attached hydrogen (secondary N) is 1. The topological polar surface area (TPSA) is 105 Å². The Bertz CT molecular complexity index is 1040. The Morgan fingerprint density at radius 1 is 1.28 bits per heavy atom. The van der Waals surface area contributed by atoms with Gasteiger partial charge in [0.2, 0.25) is 10.0 Å². The number of hydrogen-bond acceptors (Lipinski definition) is 8. The molecule has 3 rings (SSSR count). The third-order valence-corrected chi connectivity index (χ3v) is 8.22. The first-order chi connectivity index (χ1) is 15.2. The van der Waals surface area contributed by atoms with Crippen molar-refractivity contribution in [1.29, 1.82) is 0 Å². The molecule has 12 heteroatoms. The van der Waals surface area contributed by atoms with E-state index in [4.69, 9.17) is 27.9 Å². The number of methoxy groups -OCH3 is 1. The normalized spacial score (nSPS) is 16.6. The van der Waals surface area contributed by atoms with Crippen molar-refractivity contribution in [3.63, 3.8) is 0 Å². The van der Waals surface area contributed by atoms with Crippen LogP contribution in [0.25, 0.3) is 0 Å². The zero-order valence-electron chi connectivity index (χ0n) is 17.3. The summed E-state index contributed by atoms with van der Waals surface area (Å²) in [6.45, 7) is 1.55. The highest BCUT2D eigenvalue weighted by Crippen LogP contribution is 2.28. The van der Waals surface area contributed by atoms with Crippen molar-refractivity contribution in [2.75, 3.05) is 33.3 Å². The molecule has 0 saturated carbocycles. The number of carbonyl (C=O) groups excluding carboxylic acids is 1. The highest BCUT2D eigenvalue weighted by Gasteiger charge is 2.26. The first-order valence-electron chi connectivity index (χ1n) is 9.87. The second-order valence-corrected chi connectivity index (χ2v) is 10.8. The van der Waals surface area contributed by atoms with E-state index in [1.54, 1.807) is 18.2 Å². The van der Waals surface area contributed by atoms with Crippen LogP contribution in [0, 0.1) is 0 Å². The number of benzene rings is 1. The van der Waals surface area contributed by atoms with Crippen LogP contribution in [0.2, 0.25) is 10.0 Å². The van der Waals surface area contributed by atoms with Gasteiger partial charge in [0.05, 0.1) is 23.3 Å². The maximum Gasteiger partial charge on any atom is 0.349 e. The number of sulfonamides is 1. The van der Waals surface area contributed by atoms with Crippen LogP contribution >= 0.6 is 34.5 Å². The number of halogens is 2. The third-order valence-electron chi connectivity index (χ3n) is 5.00. The van der Waals surface area contributed by atoms with Crippen LogP contribution in [-0.2, 0) is 14.8 Å². The number of ether oxygens (including phenoxy) is 2. The van der Waals surface area contributed by atoms with Gasteiger partial charge in [-0.15, -0.1) is 11.3 Å². The first-order valence-corrected chi connectivity index (χ1v) is 13.0. The van der Waals surface area contributed by atoms with Gasteiger partial charge in [0, 0.05) is 32.2 Å². The SMILES string of the molecule is COC(=O)c1sccc1S(=O)(=O)NC[C@@H](O)CN1CCC(Oc2ccc(Cl)c(Cl)c2)CC1. The second kappa shape index (κ2) is 11.1. The molecule has 0 bridgehead atoms. The van der Waals surface area contributed by atoms with Crippen LogP contribution < -0.4 is 9.46 Å². The number of thiophene rings is 1. The smallest absolute Gasteiger partial charge is 0.349 e. The lowest BCUT2D eigenvalue weighted by Crippen LogP contribution is -2.45. The summed E-state index contributed by atoms with van der Waals surface area (Å²) in [6.07, 6.45) is 0.638. The van der Waals surface area contributed by atoms with Gasteiger partial charge in [-0.2, -0.15) is 0 Å². The molecule has 1 fully saturated rings. The largest absolute Gasteiger partial charge is 0.490 e. The van der Waals surface area contributed by atoms with Crippen LogP contribution in [-0.4, -0.2) is 69.9 Å². The Morgan fingerprint density at radius 3 is 2.66 bits per heavy atom. The molecule has 0 spiro atoms. The van der Waals surface area contributed by atoms with Crippen molar-refractivity contribution in [1.82, 2.24) is 9.62 Å². The standard InChI is InChI=1S/C20H24Cl2N2O6S2/c1-29-20(26)19-18(6-9-31-19)32(27,28)23-11-13(25)12-24-7-4-14(5-8-24)30-15-2-3-16(21)17(22)10-15/h2-3,6,9-10,13-14,23,25H,4-5,7-8,11-12H2,1H3/t13-/m1/s1. The van der Waals surface area contributed by atoms with Crippen LogP contribution in [0.5, 0.6) is 5.75 Å². The highest BCUT2D eigenvalue weighted by molar-refractivity contribution is 7.89. The number of nitrogens with zero attached hydrogens (tertiary/aromatic N) is 1. The minimum Gasteiger partial charge on any atom is -0.490 e. The number of carbonyl (C=O) groups is 1. The fourth-order valence-corrected chi connectivity index (χ4v) is 6.04. The van der Waals surface area contributed by atoms with Crippen molar-refractivity contribution in [2.45, 2.75) is 29.9 Å². The van der Waals surface area contributed by atoms with E-state index in [-0.39, 0.29) is 22.4 Å². The lowest BCUT2D eigenvalue weighted by Gasteiger charge is -2.33. The average molecular weight is 523 g/mol. The average Bonchev–Trinajstić information content (AvgIpc) is 3.27. The number of rotatable bonds is 9. The van der Waals surface area contributed by atoms with Gasteiger partial charge in [-0.1, -0.05) is 23.2 Å². The Morgan fingerprint density at radius 2 is 2.00 bits per heavy atom. The number of esters is 1. The van der Waals surface area contributed by atoms with Crippen molar-refractivity contribution in [3.8, 4) is 5.75 Å². The maximum atomic E-state index is 12.5. The quantitative estimate of drug-likeness (QED) is 0.487. The molecule has 176 valence electrons. The van der Waals surface area contributed by atoms with Gasteiger partial charge in [0.1, 0.15) is 21.6 Å². The minimum absolute atomic E-state index is 0.00135. The summed E-state index contributed by atoms with van der Waals surface area (Å²) < 4.78 is 38.0. The lowest BCUT2D eigenvalue weighted by molar-refractivity contribution is 0.0602. The van der Waals surface area contributed by atoms with E-state index in [0.717, 1.165) is 24.2 Å². The number of aliphatic hydroxyl groups excluding tert-OH is 1. The van der Waals surface area contributed by atoms with E-state index < -0.39 is 22.1 Å². The van der Waals surface area contributed by atoms with Gasteiger partial charge in [0.15, 0.2) is 0 Å². The monoisotopic (exact) mass is 522 g/mol. The Kier molecular flexibility index (Phi) is 8.79. The van der Waals surface area contributed by atoms with E-state index in [0.29, 0.717) is 35.4 Å². The van der Waals surface area contributed by atoms with Crippen LogP contribution in [0.1, 0.15) is 22.5 Å². The van der Waals surface area contributed by atoms with Gasteiger partial charge in [-0.25, -0.2) is 17.9 Å². The molecular weight excluding hydrogens is 499 g/mol. The van der Waals surface area contributed by atoms with Gasteiger partial charge in [-0.3, -0.25) is 0 Å². The number of piperidine rings is 1. The van der Waals surface area contributed by atoms with E-state index in [1.165, 1.54) is 18.6 Å². The van der Waals surface area contributed by atoms with E-state index in [9.17, 15) is 18.3 Å². The summed E-state index contributed by atoms with van der Waals surface area (Å²) in [5.74, 6) is -0.0565. The highest BCUT2D eigenvalue weighted by atomic mass is 35.5. The van der Waals surface area contributed by atoms with Gasteiger partial charge >= 0.3 is 5.97 Å². The maximum absolute atomic E-state index is 12.5. The molecule has 2 aromatic rings. The summed E-state index contributed by atoms with van der Waals surface area (Å²) in [7, 11) is -2.76. The summed E-state index contributed by atoms with van der Waals surface area (Å²) >= 11 is 12.9. The number of likely N-dealkylation sites (tertiary alicyclic amines) is 1. The molecule has 2 N–H and O–H groups in total. The molecule has 1 aliphatic rings. The molecular formula is C20H24Cl2N2O6S2. The Hall–Kier alpha value is -1.40.